The van der Waals surface area contributed by atoms with Gasteiger partial charge in [-0.25, -0.2) is 0 Å². The molecule has 1 unspecified atom stereocenters. The predicted octanol–water partition coefficient (Wildman–Crippen LogP) is 5.86. The number of hydrogen-bond donors (Lipinski definition) is 1. The van der Waals surface area contributed by atoms with Crippen LogP contribution in [0, 0.1) is 38.0 Å². The standard InChI is InChI=1S/C29H35N3O4S/c1-15-11-19(12-16(2)24(15)35-10-6-8-32-9-7-18(14-32)28(33)34)26-30-27(36-31-26)25-20-13-21-23(29(21,4)5)22(20)17(3)37-25/h11-12,18,21,23H,6-10,13-14H2,1-5H3,(H,33,34)/t18?,21-,23-/m1/s1. The number of benzene rings is 1. The molecule has 1 saturated carbocycles. The molecule has 7 nitrogen and oxygen atoms in total. The zero-order valence-corrected chi connectivity index (χ0v) is 23.1. The van der Waals surface area contributed by atoms with Crippen LogP contribution in [0.1, 0.15) is 59.7 Å². The van der Waals surface area contributed by atoms with Gasteiger partial charge in [0.1, 0.15) is 5.75 Å². The Hall–Kier alpha value is -2.71. The molecule has 1 N–H and O–H groups in total. The van der Waals surface area contributed by atoms with Crippen LogP contribution in [-0.2, 0) is 11.2 Å². The number of aromatic nitrogens is 2. The van der Waals surface area contributed by atoms with Crippen LogP contribution in [0.5, 0.6) is 5.75 Å². The van der Waals surface area contributed by atoms with Crippen molar-refractivity contribution in [3.63, 3.8) is 0 Å². The maximum absolute atomic E-state index is 11.2. The number of fused-ring (bicyclic) bond motifs is 3. The lowest BCUT2D eigenvalue weighted by atomic mass is 9.95. The third-order valence-corrected chi connectivity index (χ3v) is 10.00. The fraction of sp³-hybridized carbons (Fsp3) is 0.552. The van der Waals surface area contributed by atoms with Gasteiger partial charge in [-0.1, -0.05) is 19.0 Å². The van der Waals surface area contributed by atoms with Gasteiger partial charge in [-0.05, 0) is 98.2 Å². The van der Waals surface area contributed by atoms with E-state index >= 15 is 0 Å². The topological polar surface area (TPSA) is 88.7 Å². The molecule has 6 rings (SSSR count). The molecule has 3 aliphatic rings. The number of aryl methyl sites for hydroxylation is 3. The third-order valence-electron chi connectivity index (χ3n) is 8.84. The summed E-state index contributed by atoms with van der Waals surface area (Å²) in [6, 6.07) is 4.13. The van der Waals surface area contributed by atoms with E-state index in [0.29, 0.717) is 36.2 Å². The smallest absolute Gasteiger partial charge is 0.307 e. The summed E-state index contributed by atoms with van der Waals surface area (Å²) in [6.45, 7) is 14.0. The molecule has 1 aromatic carbocycles. The highest BCUT2D eigenvalue weighted by Gasteiger charge is 2.63. The second-order valence-corrected chi connectivity index (χ2v) is 12.9. The van der Waals surface area contributed by atoms with Crippen LogP contribution in [0.2, 0.25) is 0 Å². The van der Waals surface area contributed by atoms with E-state index in [9.17, 15) is 9.90 Å². The molecular weight excluding hydrogens is 486 g/mol. The van der Waals surface area contributed by atoms with E-state index in [1.54, 1.807) is 11.3 Å². The molecule has 37 heavy (non-hydrogen) atoms. The summed E-state index contributed by atoms with van der Waals surface area (Å²) in [7, 11) is 0. The lowest BCUT2D eigenvalue weighted by Gasteiger charge is -2.17. The summed E-state index contributed by atoms with van der Waals surface area (Å²) in [4.78, 5) is 20.7. The number of likely N-dealkylation sites (tertiary alicyclic amines) is 1. The van der Waals surface area contributed by atoms with E-state index in [-0.39, 0.29) is 5.92 Å². The van der Waals surface area contributed by atoms with Crippen molar-refractivity contribution in [1.82, 2.24) is 15.0 Å². The highest BCUT2D eigenvalue weighted by Crippen LogP contribution is 2.72. The van der Waals surface area contributed by atoms with Gasteiger partial charge in [0.2, 0.25) is 5.82 Å². The minimum Gasteiger partial charge on any atom is -0.493 e. The van der Waals surface area contributed by atoms with Crippen molar-refractivity contribution in [3.8, 4) is 27.9 Å². The first-order valence-electron chi connectivity index (χ1n) is 13.3. The Morgan fingerprint density at radius 2 is 2.03 bits per heavy atom. The van der Waals surface area contributed by atoms with Crippen molar-refractivity contribution in [2.24, 2.45) is 17.3 Å². The minimum atomic E-state index is -0.686. The number of carboxylic acid groups (broad SMARTS) is 1. The molecule has 3 heterocycles. The number of carboxylic acids is 1. The Morgan fingerprint density at radius 1 is 1.27 bits per heavy atom. The van der Waals surface area contributed by atoms with E-state index in [1.165, 1.54) is 16.0 Å². The molecule has 1 aliphatic heterocycles. The van der Waals surface area contributed by atoms with E-state index in [0.717, 1.165) is 65.6 Å². The van der Waals surface area contributed by atoms with Crippen LogP contribution in [-0.4, -0.2) is 52.4 Å². The average Bonchev–Trinajstić information content (AvgIpc) is 3.47. The molecule has 0 bridgehead atoms. The van der Waals surface area contributed by atoms with Gasteiger partial charge in [-0.15, -0.1) is 11.3 Å². The molecule has 3 atom stereocenters. The molecule has 2 fully saturated rings. The minimum absolute atomic E-state index is 0.230. The zero-order valence-electron chi connectivity index (χ0n) is 22.3. The van der Waals surface area contributed by atoms with Crippen LogP contribution >= 0.6 is 11.3 Å². The zero-order chi connectivity index (χ0) is 26.1. The maximum atomic E-state index is 11.2. The first-order chi connectivity index (χ1) is 17.6. The third kappa shape index (κ3) is 4.18. The van der Waals surface area contributed by atoms with E-state index < -0.39 is 5.97 Å². The Morgan fingerprint density at radius 3 is 2.73 bits per heavy atom. The summed E-state index contributed by atoms with van der Waals surface area (Å²) in [6.07, 6.45) is 2.72. The number of nitrogens with zero attached hydrogens (tertiary/aromatic N) is 3. The van der Waals surface area contributed by atoms with Crippen LogP contribution in [0.4, 0.5) is 0 Å². The van der Waals surface area contributed by atoms with Gasteiger partial charge in [0, 0.05) is 23.5 Å². The van der Waals surface area contributed by atoms with Gasteiger partial charge in [0.15, 0.2) is 0 Å². The number of rotatable bonds is 8. The SMILES string of the molecule is Cc1cc(-c2noc(-c3sc(C)c4c3C[C@@H]3[C@H]4C3(C)C)n2)cc(C)c1OCCCN1CCC(C(=O)O)C1. The second kappa shape index (κ2) is 8.95. The fourth-order valence-corrected chi connectivity index (χ4v) is 7.90. The summed E-state index contributed by atoms with van der Waals surface area (Å²) >= 11 is 1.79. The Bertz CT molecular complexity index is 1350. The van der Waals surface area contributed by atoms with Crippen molar-refractivity contribution in [1.29, 1.82) is 0 Å². The van der Waals surface area contributed by atoms with Gasteiger partial charge in [0.25, 0.3) is 5.89 Å². The summed E-state index contributed by atoms with van der Waals surface area (Å²) < 4.78 is 11.9. The number of ether oxygens (including phenoxy) is 1. The summed E-state index contributed by atoms with van der Waals surface area (Å²) in [5.41, 5.74) is 6.41. The van der Waals surface area contributed by atoms with Crippen LogP contribution in [0.15, 0.2) is 16.7 Å². The predicted molar refractivity (Wildman–Crippen MR) is 143 cm³/mol. The van der Waals surface area contributed by atoms with Crippen molar-refractivity contribution < 1.29 is 19.2 Å². The quantitative estimate of drug-likeness (QED) is 0.371. The molecule has 8 heteroatoms. The van der Waals surface area contributed by atoms with Crippen LogP contribution in [0.25, 0.3) is 22.2 Å². The van der Waals surface area contributed by atoms with Crippen molar-refractivity contribution in [3.05, 3.63) is 39.3 Å². The average molecular weight is 522 g/mol. The largest absolute Gasteiger partial charge is 0.493 e. The second-order valence-electron chi connectivity index (χ2n) is 11.7. The molecule has 0 spiro atoms. The van der Waals surface area contributed by atoms with Gasteiger partial charge in [-0.3, -0.25) is 4.79 Å². The molecule has 2 aromatic heterocycles. The molecule has 3 aromatic rings. The summed E-state index contributed by atoms with van der Waals surface area (Å²) in [5.74, 6) is 2.65. The number of aliphatic carboxylic acids is 1. The van der Waals surface area contributed by atoms with E-state index in [4.69, 9.17) is 14.2 Å². The normalized spacial score (nSPS) is 23.8. The first kappa shape index (κ1) is 24.6. The summed E-state index contributed by atoms with van der Waals surface area (Å²) in [5, 5.41) is 13.5. The van der Waals surface area contributed by atoms with Gasteiger partial charge in [0.05, 0.1) is 17.4 Å². The van der Waals surface area contributed by atoms with Crippen molar-refractivity contribution in [2.45, 2.75) is 59.8 Å². The number of hydrogen-bond acceptors (Lipinski definition) is 7. The van der Waals surface area contributed by atoms with E-state index in [2.05, 4.69) is 43.0 Å². The monoisotopic (exact) mass is 521 g/mol. The highest BCUT2D eigenvalue weighted by atomic mass is 32.1. The lowest BCUT2D eigenvalue weighted by Crippen LogP contribution is -2.25. The van der Waals surface area contributed by atoms with Gasteiger partial charge < -0.3 is 19.3 Å². The fourth-order valence-electron chi connectivity index (χ4n) is 6.74. The Balaban J connectivity index is 1.12. The number of carbonyl (C=O) groups is 1. The molecule has 196 valence electrons. The maximum Gasteiger partial charge on any atom is 0.307 e. The molecule has 0 radical (unpaired) electrons. The number of thiophene rings is 1. The highest BCUT2D eigenvalue weighted by molar-refractivity contribution is 7.15. The first-order valence-corrected chi connectivity index (χ1v) is 14.1. The van der Waals surface area contributed by atoms with E-state index in [1.807, 2.05) is 13.8 Å². The molecule has 0 amide bonds. The van der Waals surface area contributed by atoms with Crippen molar-refractivity contribution >= 4 is 17.3 Å². The Labute approximate surface area is 221 Å². The molecular formula is C29H35N3O4S. The van der Waals surface area contributed by atoms with Gasteiger partial charge in [-0.2, -0.15) is 4.98 Å². The van der Waals surface area contributed by atoms with Gasteiger partial charge >= 0.3 is 5.97 Å². The van der Waals surface area contributed by atoms with Crippen LogP contribution in [0.3, 0.4) is 0 Å². The molecule has 2 aliphatic carbocycles. The van der Waals surface area contributed by atoms with Crippen LogP contribution < -0.4 is 4.74 Å². The lowest BCUT2D eigenvalue weighted by molar-refractivity contribution is -0.141. The van der Waals surface area contributed by atoms with Crippen molar-refractivity contribution in [2.75, 3.05) is 26.2 Å². The molecule has 1 saturated heterocycles. The Kier molecular flexibility index (Phi) is 5.95.